The number of hydrogen-bond acceptors (Lipinski definition) is 8. The fourth-order valence-corrected chi connectivity index (χ4v) is 5.86. The summed E-state index contributed by atoms with van der Waals surface area (Å²) in [6, 6.07) is 11.6. The van der Waals surface area contributed by atoms with Gasteiger partial charge in [-0.05, 0) is 52.3 Å². The second kappa shape index (κ2) is 10.1. The van der Waals surface area contributed by atoms with Gasteiger partial charge in [-0.3, -0.25) is 19.5 Å². The van der Waals surface area contributed by atoms with Crippen molar-refractivity contribution in [3.8, 4) is 5.75 Å². The molecule has 0 aliphatic carbocycles. The van der Waals surface area contributed by atoms with Crippen LogP contribution in [-0.4, -0.2) is 29.7 Å². The van der Waals surface area contributed by atoms with E-state index in [4.69, 9.17) is 9.47 Å². The molecule has 0 bridgehead atoms. The number of methoxy groups -OCH3 is 2. The molecule has 0 saturated heterocycles. The van der Waals surface area contributed by atoms with E-state index in [0.29, 0.717) is 36.2 Å². The van der Waals surface area contributed by atoms with E-state index in [1.807, 2.05) is 59.8 Å². The Morgan fingerprint density at radius 1 is 1.29 bits per heavy atom. The van der Waals surface area contributed by atoms with E-state index >= 15 is 0 Å². The molecule has 0 N–H and O–H groups in total. The number of nitro benzene ring substituents is 1. The molecule has 1 aliphatic rings. The van der Waals surface area contributed by atoms with Crippen molar-refractivity contribution < 1.29 is 19.2 Å². The average molecular weight is 605 g/mol. The number of fused-ring (bicyclic) bond motifs is 1. The van der Waals surface area contributed by atoms with Gasteiger partial charge in [0.05, 0.1) is 44.6 Å². The number of aromatic nitrogens is 1. The van der Waals surface area contributed by atoms with E-state index in [1.165, 1.54) is 24.9 Å². The highest BCUT2D eigenvalue weighted by Crippen LogP contribution is 2.34. The first-order chi connectivity index (χ1) is 16.8. The summed E-state index contributed by atoms with van der Waals surface area (Å²) in [5.74, 6) is -0.386. The summed E-state index contributed by atoms with van der Waals surface area (Å²) in [5, 5.41) is 11.5. The number of thiazole rings is 1. The fraction of sp³-hybridized carbons (Fsp3) is 0.208. The normalized spacial score (nSPS) is 15.4. The molecule has 0 amide bonds. The van der Waals surface area contributed by atoms with E-state index in [-0.39, 0.29) is 17.0 Å². The third-order valence-electron chi connectivity index (χ3n) is 5.51. The maximum absolute atomic E-state index is 13.6. The van der Waals surface area contributed by atoms with Crippen LogP contribution in [0.1, 0.15) is 30.5 Å². The predicted octanol–water partition coefficient (Wildman–Crippen LogP) is 3.32. The highest BCUT2D eigenvalue weighted by Gasteiger charge is 2.33. The fourth-order valence-electron chi connectivity index (χ4n) is 3.99. The number of nitro groups is 1. The molecular formula is C24H20IN3O6S. The monoisotopic (exact) mass is 605 g/mol. The molecule has 11 heteroatoms. The maximum Gasteiger partial charge on any atom is 0.338 e. The van der Waals surface area contributed by atoms with Crippen LogP contribution in [-0.2, 0) is 9.53 Å². The Hall–Kier alpha value is -3.32. The lowest BCUT2D eigenvalue weighted by Crippen LogP contribution is -2.40. The van der Waals surface area contributed by atoms with Gasteiger partial charge < -0.3 is 9.47 Å². The van der Waals surface area contributed by atoms with Gasteiger partial charge in [0.1, 0.15) is 0 Å². The van der Waals surface area contributed by atoms with Gasteiger partial charge in [0.25, 0.3) is 5.56 Å². The van der Waals surface area contributed by atoms with Crippen molar-refractivity contribution in [2.24, 2.45) is 4.99 Å². The van der Waals surface area contributed by atoms with E-state index in [2.05, 4.69) is 4.99 Å². The number of halogens is 1. The highest BCUT2D eigenvalue weighted by molar-refractivity contribution is 14.1. The number of rotatable bonds is 6. The number of allylic oxidation sites excluding steroid dienone is 1. The second-order valence-electron chi connectivity index (χ2n) is 7.51. The van der Waals surface area contributed by atoms with Gasteiger partial charge in [-0.2, -0.15) is 0 Å². The maximum atomic E-state index is 13.6. The van der Waals surface area contributed by atoms with Crippen molar-refractivity contribution in [3.05, 3.63) is 98.2 Å². The summed E-state index contributed by atoms with van der Waals surface area (Å²) >= 11 is 3.12. The smallest absolute Gasteiger partial charge is 0.338 e. The first-order valence-corrected chi connectivity index (χ1v) is 12.4. The van der Waals surface area contributed by atoms with Gasteiger partial charge in [0, 0.05) is 6.07 Å². The van der Waals surface area contributed by atoms with Crippen LogP contribution in [0.3, 0.4) is 0 Å². The predicted molar refractivity (Wildman–Crippen MR) is 139 cm³/mol. The average Bonchev–Trinajstić information content (AvgIpc) is 3.16. The summed E-state index contributed by atoms with van der Waals surface area (Å²) in [5.41, 5.74) is 1.54. The summed E-state index contributed by atoms with van der Waals surface area (Å²) < 4.78 is 12.6. The summed E-state index contributed by atoms with van der Waals surface area (Å²) in [4.78, 5) is 42.5. The Bertz CT molecular complexity index is 1540. The molecule has 4 rings (SSSR count). The van der Waals surface area contributed by atoms with Gasteiger partial charge >= 0.3 is 11.7 Å². The molecule has 1 aliphatic heterocycles. The molecule has 3 aromatic rings. The zero-order chi connectivity index (χ0) is 25.3. The minimum absolute atomic E-state index is 0.161. The van der Waals surface area contributed by atoms with Gasteiger partial charge in [-0.1, -0.05) is 48.6 Å². The number of benzene rings is 2. The largest absolute Gasteiger partial charge is 0.489 e. The van der Waals surface area contributed by atoms with E-state index in [9.17, 15) is 19.7 Å². The topological polar surface area (TPSA) is 113 Å². The molecule has 0 saturated carbocycles. The third kappa shape index (κ3) is 4.52. The minimum atomic E-state index is -0.706. The Kier molecular flexibility index (Phi) is 7.17. The van der Waals surface area contributed by atoms with Gasteiger partial charge in [0.2, 0.25) is 5.75 Å². The minimum Gasteiger partial charge on any atom is -0.489 e. The van der Waals surface area contributed by atoms with E-state index in [1.54, 1.807) is 12.1 Å². The first kappa shape index (κ1) is 24.8. The molecule has 0 unspecified atom stereocenters. The molecule has 0 fully saturated rings. The molecule has 2 aromatic carbocycles. The highest BCUT2D eigenvalue weighted by atomic mass is 127. The van der Waals surface area contributed by atoms with Gasteiger partial charge in [0.15, 0.2) is 4.80 Å². The van der Waals surface area contributed by atoms with Gasteiger partial charge in [-0.15, -0.1) is 0 Å². The number of carbonyl (C=O) groups is 1. The molecule has 1 atom stereocenters. The van der Waals surface area contributed by atoms with Crippen LogP contribution in [0.4, 0.5) is 5.69 Å². The Morgan fingerprint density at radius 2 is 2.00 bits per heavy atom. The van der Waals surface area contributed by atoms with Crippen LogP contribution in [0.25, 0.3) is 6.08 Å². The second-order valence-corrected chi connectivity index (χ2v) is 9.68. The van der Waals surface area contributed by atoms with Crippen molar-refractivity contribution >= 4 is 51.7 Å². The van der Waals surface area contributed by atoms with Crippen molar-refractivity contribution in [2.75, 3.05) is 14.2 Å². The lowest BCUT2D eigenvalue weighted by molar-refractivity contribution is -0.385. The first-order valence-electron chi connectivity index (χ1n) is 10.5. The zero-order valence-electron chi connectivity index (χ0n) is 19.0. The number of hydrogen-bond donors (Lipinski definition) is 0. The number of esters is 1. The number of ether oxygens (including phenoxy) is 2. The molecule has 1 aromatic heterocycles. The van der Waals surface area contributed by atoms with Crippen LogP contribution in [0.2, 0.25) is 0 Å². The molecule has 9 nitrogen and oxygen atoms in total. The van der Waals surface area contributed by atoms with Crippen molar-refractivity contribution in [2.45, 2.75) is 19.4 Å². The van der Waals surface area contributed by atoms with Crippen LogP contribution < -0.4 is 19.6 Å². The van der Waals surface area contributed by atoms with Crippen molar-refractivity contribution in [3.63, 3.8) is 0 Å². The molecule has 35 heavy (non-hydrogen) atoms. The molecule has 180 valence electrons. The van der Waals surface area contributed by atoms with E-state index < -0.39 is 16.9 Å². The van der Waals surface area contributed by atoms with Crippen LogP contribution in [0, 0.1) is 13.7 Å². The van der Waals surface area contributed by atoms with Crippen molar-refractivity contribution in [1.29, 1.82) is 0 Å². The van der Waals surface area contributed by atoms with Crippen LogP contribution >= 0.6 is 33.9 Å². The Labute approximate surface area is 217 Å². The van der Waals surface area contributed by atoms with Crippen LogP contribution in [0.5, 0.6) is 5.75 Å². The SMILES string of the molecule is CCC1=C(C(=O)OC)[C@H](c2ccccc2)n2c(s/c(=C\c3cc(I)c(OC)c([N+](=O)[O-])c3)c2=O)=N1. The lowest BCUT2D eigenvalue weighted by Gasteiger charge is -2.25. The summed E-state index contributed by atoms with van der Waals surface area (Å²) in [6.45, 7) is 1.89. The number of nitrogens with zero attached hydrogens (tertiary/aromatic N) is 3. The molecule has 0 radical (unpaired) electrons. The molecule has 2 heterocycles. The lowest BCUT2D eigenvalue weighted by atomic mass is 9.95. The quantitative estimate of drug-likeness (QED) is 0.185. The molecular weight excluding hydrogens is 585 g/mol. The Morgan fingerprint density at radius 3 is 2.60 bits per heavy atom. The van der Waals surface area contributed by atoms with Gasteiger partial charge in [-0.25, -0.2) is 9.79 Å². The zero-order valence-corrected chi connectivity index (χ0v) is 22.0. The molecule has 0 spiro atoms. The third-order valence-corrected chi connectivity index (χ3v) is 7.29. The van der Waals surface area contributed by atoms with Crippen LogP contribution in [0.15, 0.2) is 63.5 Å². The summed E-state index contributed by atoms with van der Waals surface area (Å²) in [7, 11) is 2.67. The van der Waals surface area contributed by atoms with Crippen molar-refractivity contribution in [1.82, 2.24) is 4.57 Å². The summed E-state index contributed by atoms with van der Waals surface area (Å²) in [6.07, 6.45) is 2.07. The Balaban J connectivity index is 1.99. The number of carbonyl (C=O) groups excluding carboxylic acids is 1. The standard InChI is InChI=1S/C24H20IN3O6S/c1-4-16-19(23(30)34-3)20(14-8-6-5-7-9-14)27-22(29)18(35-24(27)26-16)12-13-10-15(25)21(33-2)17(11-13)28(31)32/h5-12,20H,4H2,1-3H3/b18-12-/t20-/m0/s1. The van der Waals surface area contributed by atoms with E-state index in [0.717, 1.165) is 16.9 Å².